The van der Waals surface area contributed by atoms with Gasteiger partial charge in [0.15, 0.2) is 0 Å². The number of likely N-dealkylation sites (N-methyl/N-ethyl adjacent to an activating group) is 1. The van der Waals surface area contributed by atoms with Gasteiger partial charge in [-0.1, -0.05) is 12.1 Å². The number of halogens is 2. The third kappa shape index (κ3) is 4.85. The summed E-state index contributed by atoms with van der Waals surface area (Å²) < 4.78 is 25.5. The molecule has 0 aliphatic carbocycles. The minimum absolute atomic E-state index is 0.0163. The molecule has 0 saturated heterocycles. The lowest BCUT2D eigenvalue weighted by atomic mass is 10.2. The number of nitrogens with two attached hydrogens (primary N) is 2. The standard InChI is InChI=1S/C17H22F2N6O/c1-10-4-3-5-11(6-10)23-16-13(15(21)26)9-22-17(24-16)25(2)12(8-20)7-14(18)19/h3-6,9,12,14H,7-8,20H2,1-2H3,(H2,21,26)(H,22,23,24). The van der Waals surface area contributed by atoms with Crippen LogP contribution in [-0.4, -0.2) is 41.9 Å². The molecule has 0 aliphatic heterocycles. The fourth-order valence-corrected chi connectivity index (χ4v) is 2.46. The Morgan fingerprint density at radius 1 is 1.38 bits per heavy atom. The van der Waals surface area contributed by atoms with Crippen LogP contribution >= 0.6 is 0 Å². The highest BCUT2D eigenvalue weighted by atomic mass is 19.3. The zero-order valence-electron chi connectivity index (χ0n) is 14.6. The van der Waals surface area contributed by atoms with E-state index in [0.29, 0.717) is 5.69 Å². The summed E-state index contributed by atoms with van der Waals surface area (Å²) in [4.78, 5) is 21.5. The number of rotatable bonds is 8. The van der Waals surface area contributed by atoms with E-state index in [2.05, 4.69) is 15.3 Å². The summed E-state index contributed by atoms with van der Waals surface area (Å²) in [6, 6.07) is 6.82. The Hall–Kier alpha value is -2.81. The maximum absolute atomic E-state index is 12.7. The Bertz CT molecular complexity index is 771. The maximum atomic E-state index is 12.7. The number of carbonyl (C=O) groups is 1. The van der Waals surface area contributed by atoms with E-state index in [4.69, 9.17) is 11.5 Å². The average Bonchev–Trinajstić information content (AvgIpc) is 2.58. The number of amides is 1. The molecular weight excluding hydrogens is 342 g/mol. The van der Waals surface area contributed by atoms with Crippen LogP contribution in [0, 0.1) is 6.92 Å². The van der Waals surface area contributed by atoms with Crippen LogP contribution < -0.4 is 21.7 Å². The van der Waals surface area contributed by atoms with Gasteiger partial charge in [-0.05, 0) is 24.6 Å². The van der Waals surface area contributed by atoms with E-state index >= 15 is 0 Å². The molecule has 0 bridgehead atoms. The average molecular weight is 364 g/mol. The summed E-state index contributed by atoms with van der Waals surface area (Å²) in [5, 5.41) is 3.03. The van der Waals surface area contributed by atoms with Gasteiger partial charge in [-0.2, -0.15) is 4.98 Å². The highest BCUT2D eigenvalue weighted by molar-refractivity contribution is 5.98. The molecule has 0 aliphatic rings. The topological polar surface area (TPSA) is 110 Å². The van der Waals surface area contributed by atoms with Crippen LogP contribution in [-0.2, 0) is 0 Å². The summed E-state index contributed by atoms with van der Waals surface area (Å²) in [6.07, 6.45) is -1.63. The molecule has 1 heterocycles. The highest BCUT2D eigenvalue weighted by Gasteiger charge is 2.22. The monoisotopic (exact) mass is 364 g/mol. The van der Waals surface area contributed by atoms with Crippen molar-refractivity contribution in [2.24, 2.45) is 11.5 Å². The first-order valence-electron chi connectivity index (χ1n) is 8.03. The molecule has 1 aromatic carbocycles. The number of aryl methyl sites for hydroxylation is 1. The third-order valence-electron chi connectivity index (χ3n) is 3.91. The molecule has 1 aromatic heterocycles. The van der Waals surface area contributed by atoms with Crippen LogP contribution in [0.4, 0.5) is 26.2 Å². The zero-order chi connectivity index (χ0) is 19.3. The smallest absolute Gasteiger partial charge is 0.254 e. The van der Waals surface area contributed by atoms with E-state index in [9.17, 15) is 13.6 Å². The van der Waals surface area contributed by atoms with Crippen molar-refractivity contribution < 1.29 is 13.6 Å². The molecule has 26 heavy (non-hydrogen) atoms. The van der Waals surface area contributed by atoms with Crippen LogP contribution in [0.5, 0.6) is 0 Å². The van der Waals surface area contributed by atoms with E-state index in [0.717, 1.165) is 5.56 Å². The predicted octanol–water partition coefficient (Wildman–Crippen LogP) is 2.05. The molecular formula is C17H22F2N6O. The summed E-state index contributed by atoms with van der Waals surface area (Å²) in [7, 11) is 1.58. The molecule has 1 unspecified atom stereocenters. The van der Waals surface area contributed by atoms with Gasteiger partial charge in [-0.3, -0.25) is 4.79 Å². The Labute approximate surface area is 150 Å². The van der Waals surface area contributed by atoms with Crippen molar-refractivity contribution in [3.05, 3.63) is 41.6 Å². The summed E-state index contributed by atoms with van der Waals surface area (Å²) in [5.74, 6) is -0.327. The lowest BCUT2D eigenvalue weighted by molar-refractivity contribution is 0.100. The Kier molecular flexibility index (Phi) is 6.40. The quantitative estimate of drug-likeness (QED) is 0.661. The van der Waals surface area contributed by atoms with Gasteiger partial charge in [0.05, 0.1) is 0 Å². The molecule has 2 aromatic rings. The number of benzene rings is 1. The lowest BCUT2D eigenvalue weighted by Crippen LogP contribution is -2.40. The van der Waals surface area contributed by atoms with Gasteiger partial charge in [0.2, 0.25) is 12.4 Å². The van der Waals surface area contributed by atoms with Crippen molar-refractivity contribution in [3.63, 3.8) is 0 Å². The molecule has 0 radical (unpaired) electrons. The van der Waals surface area contributed by atoms with Gasteiger partial charge in [0.1, 0.15) is 11.4 Å². The lowest BCUT2D eigenvalue weighted by Gasteiger charge is -2.27. The van der Waals surface area contributed by atoms with E-state index in [1.54, 1.807) is 7.05 Å². The van der Waals surface area contributed by atoms with Crippen molar-refractivity contribution in [1.29, 1.82) is 0 Å². The van der Waals surface area contributed by atoms with Crippen LogP contribution in [0.1, 0.15) is 22.3 Å². The minimum atomic E-state index is -2.50. The normalized spacial score (nSPS) is 12.1. The van der Waals surface area contributed by atoms with E-state index in [1.165, 1.54) is 11.1 Å². The van der Waals surface area contributed by atoms with Crippen LogP contribution in [0.25, 0.3) is 0 Å². The number of nitrogens with one attached hydrogen (secondary N) is 1. The number of aromatic nitrogens is 2. The molecule has 0 fully saturated rings. The van der Waals surface area contributed by atoms with Crippen LogP contribution in [0.3, 0.4) is 0 Å². The fourth-order valence-electron chi connectivity index (χ4n) is 2.46. The summed E-state index contributed by atoms with van der Waals surface area (Å²) in [6.45, 7) is 1.94. The molecule has 140 valence electrons. The van der Waals surface area contributed by atoms with Crippen molar-refractivity contribution in [2.45, 2.75) is 25.8 Å². The van der Waals surface area contributed by atoms with Gasteiger partial charge >= 0.3 is 0 Å². The first-order chi connectivity index (χ1) is 12.3. The van der Waals surface area contributed by atoms with Crippen LogP contribution in [0.15, 0.2) is 30.5 Å². The first-order valence-corrected chi connectivity index (χ1v) is 8.03. The molecule has 1 atom stereocenters. The molecule has 0 saturated carbocycles. The fraction of sp³-hybridized carbons (Fsp3) is 0.353. The van der Waals surface area contributed by atoms with Gasteiger partial charge < -0.3 is 21.7 Å². The third-order valence-corrected chi connectivity index (χ3v) is 3.91. The van der Waals surface area contributed by atoms with Crippen molar-refractivity contribution in [1.82, 2.24) is 9.97 Å². The highest BCUT2D eigenvalue weighted by Crippen LogP contribution is 2.23. The SMILES string of the molecule is Cc1cccc(Nc2nc(N(C)C(CN)CC(F)F)ncc2C(N)=O)c1. The minimum Gasteiger partial charge on any atom is -0.365 e. The number of carbonyl (C=O) groups excluding carboxylic acids is 1. The molecule has 5 N–H and O–H groups in total. The predicted molar refractivity (Wildman–Crippen MR) is 96.9 cm³/mol. The second kappa shape index (κ2) is 8.52. The summed E-state index contributed by atoms with van der Waals surface area (Å²) in [5.41, 5.74) is 12.8. The van der Waals surface area contributed by atoms with Gasteiger partial charge in [-0.15, -0.1) is 0 Å². The van der Waals surface area contributed by atoms with E-state index < -0.39 is 24.8 Å². The number of anilines is 3. The van der Waals surface area contributed by atoms with E-state index in [1.807, 2.05) is 31.2 Å². The summed E-state index contributed by atoms with van der Waals surface area (Å²) >= 11 is 0. The number of alkyl halides is 2. The Morgan fingerprint density at radius 3 is 2.69 bits per heavy atom. The Balaban J connectivity index is 2.36. The van der Waals surface area contributed by atoms with Crippen LogP contribution in [0.2, 0.25) is 0 Å². The Morgan fingerprint density at radius 2 is 2.12 bits per heavy atom. The largest absolute Gasteiger partial charge is 0.365 e. The van der Waals surface area contributed by atoms with Gasteiger partial charge in [0, 0.05) is 37.9 Å². The van der Waals surface area contributed by atoms with Gasteiger partial charge in [0.25, 0.3) is 5.91 Å². The number of primary amides is 1. The van der Waals surface area contributed by atoms with Crippen molar-refractivity contribution in [2.75, 3.05) is 23.8 Å². The molecule has 1 amide bonds. The number of hydrogen-bond acceptors (Lipinski definition) is 6. The molecule has 0 spiro atoms. The van der Waals surface area contributed by atoms with Crippen molar-refractivity contribution >= 4 is 23.4 Å². The molecule has 9 heteroatoms. The molecule has 7 nitrogen and oxygen atoms in total. The number of hydrogen-bond donors (Lipinski definition) is 3. The second-order valence-corrected chi connectivity index (χ2v) is 5.92. The maximum Gasteiger partial charge on any atom is 0.254 e. The van der Waals surface area contributed by atoms with E-state index in [-0.39, 0.29) is 23.9 Å². The second-order valence-electron chi connectivity index (χ2n) is 5.92. The number of nitrogens with zero attached hydrogens (tertiary/aromatic N) is 3. The van der Waals surface area contributed by atoms with Crippen molar-refractivity contribution in [3.8, 4) is 0 Å². The van der Waals surface area contributed by atoms with Gasteiger partial charge in [-0.25, -0.2) is 13.8 Å². The first kappa shape index (κ1) is 19.5. The molecule has 2 rings (SSSR count). The zero-order valence-corrected chi connectivity index (χ0v) is 14.6.